The van der Waals surface area contributed by atoms with E-state index in [0.717, 1.165) is 48.6 Å². The lowest BCUT2D eigenvalue weighted by Gasteiger charge is -2.14. The van der Waals surface area contributed by atoms with Crippen molar-refractivity contribution in [3.63, 3.8) is 0 Å². The number of anilines is 2. The topological polar surface area (TPSA) is 78.2 Å². The number of nitrogens with zero attached hydrogens (tertiary/aromatic N) is 2. The second-order valence-corrected chi connectivity index (χ2v) is 4.95. The molecule has 5 nitrogen and oxygen atoms in total. The molecule has 3 rings (SSSR count). The van der Waals surface area contributed by atoms with E-state index >= 15 is 0 Å². The summed E-state index contributed by atoms with van der Waals surface area (Å²) >= 11 is 0. The molecule has 0 spiro atoms. The fourth-order valence-electron chi connectivity index (χ4n) is 2.61. The summed E-state index contributed by atoms with van der Waals surface area (Å²) in [4.78, 5) is 10.1. The molecule has 1 aliphatic heterocycles. The van der Waals surface area contributed by atoms with Crippen LogP contribution in [0, 0.1) is 5.92 Å². The molecule has 1 aromatic heterocycles. The van der Waals surface area contributed by atoms with Gasteiger partial charge in [-0.05, 0) is 37.0 Å². The average Bonchev–Trinajstić information content (AvgIpc) is 2.94. The standard InChI is InChI=1S/C13H18N4O/c14-10-1-2-11-12(7-10)16-13(15-11)17-5-3-9(8-17)4-6-18/h1-2,7,9,18H,3-6,8,14H2,(H,15,16). The second-order valence-electron chi connectivity index (χ2n) is 4.95. The predicted octanol–water partition coefficient (Wildman–Crippen LogP) is 1.35. The quantitative estimate of drug-likeness (QED) is 0.714. The van der Waals surface area contributed by atoms with Crippen molar-refractivity contribution in [2.24, 2.45) is 5.92 Å². The van der Waals surface area contributed by atoms with Crippen LogP contribution >= 0.6 is 0 Å². The smallest absolute Gasteiger partial charge is 0.203 e. The van der Waals surface area contributed by atoms with Gasteiger partial charge in [0.1, 0.15) is 0 Å². The normalized spacial score (nSPS) is 19.8. The Morgan fingerprint density at radius 1 is 1.50 bits per heavy atom. The van der Waals surface area contributed by atoms with E-state index in [9.17, 15) is 0 Å². The van der Waals surface area contributed by atoms with E-state index in [0.29, 0.717) is 5.92 Å². The molecule has 0 aliphatic carbocycles. The first kappa shape index (κ1) is 11.3. The number of hydrogen-bond acceptors (Lipinski definition) is 4. The summed E-state index contributed by atoms with van der Waals surface area (Å²) in [6.07, 6.45) is 2.00. The first-order chi connectivity index (χ1) is 8.76. The van der Waals surface area contributed by atoms with Crippen molar-refractivity contribution in [3.05, 3.63) is 18.2 Å². The molecule has 1 fully saturated rings. The lowest BCUT2D eigenvalue weighted by Crippen LogP contribution is -2.21. The third kappa shape index (κ3) is 2.01. The molecule has 5 heteroatoms. The van der Waals surface area contributed by atoms with E-state index in [4.69, 9.17) is 10.8 Å². The number of rotatable bonds is 3. The van der Waals surface area contributed by atoms with Crippen molar-refractivity contribution in [1.82, 2.24) is 9.97 Å². The van der Waals surface area contributed by atoms with E-state index in [-0.39, 0.29) is 6.61 Å². The molecule has 1 aliphatic rings. The Morgan fingerprint density at radius 3 is 3.22 bits per heavy atom. The van der Waals surface area contributed by atoms with Gasteiger partial charge >= 0.3 is 0 Å². The van der Waals surface area contributed by atoms with Gasteiger partial charge in [-0.2, -0.15) is 0 Å². The van der Waals surface area contributed by atoms with E-state index in [1.165, 1.54) is 0 Å². The summed E-state index contributed by atoms with van der Waals surface area (Å²) in [5.41, 5.74) is 8.44. The second kappa shape index (κ2) is 4.49. The van der Waals surface area contributed by atoms with Crippen LogP contribution in [-0.2, 0) is 0 Å². The minimum absolute atomic E-state index is 0.273. The Kier molecular flexibility index (Phi) is 2.83. The highest BCUT2D eigenvalue weighted by Crippen LogP contribution is 2.26. The third-order valence-corrected chi connectivity index (χ3v) is 3.62. The zero-order chi connectivity index (χ0) is 12.5. The summed E-state index contributed by atoms with van der Waals surface area (Å²) in [6, 6.07) is 5.71. The molecule has 2 aromatic rings. The molecular formula is C13H18N4O. The molecule has 0 saturated carbocycles. The van der Waals surface area contributed by atoms with Crippen LogP contribution in [-0.4, -0.2) is 34.8 Å². The highest BCUT2D eigenvalue weighted by atomic mass is 16.3. The number of fused-ring (bicyclic) bond motifs is 1. The van der Waals surface area contributed by atoms with Gasteiger partial charge in [0.25, 0.3) is 0 Å². The third-order valence-electron chi connectivity index (χ3n) is 3.62. The van der Waals surface area contributed by atoms with Gasteiger partial charge in [0.15, 0.2) is 0 Å². The maximum absolute atomic E-state index is 8.97. The van der Waals surface area contributed by atoms with E-state index in [1.807, 2.05) is 18.2 Å². The monoisotopic (exact) mass is 246 g/mol. The molecule has 18 heavy (non-hydrogen) atoms. The number of aromatic nitrogens is 2. The van der Waals surface area contributed by atoms with Gasteiger partial charge in [0.2, 0.25) is 5.95 Å². The van der Waals surface area contributed by atoms with Gasteiger partial charge in [-0.3, -0.25) is 0 Å². The highest BCUT2D eigenvalue weighted by molar-refractivity contribution is 5.80. The summed E-state index contributed by atoms with van der Waals surface area (Å²) < 4.78 is 0. The van der Waals surface area contributed by atoms with Crippen molar-refractivity contribution < 1.29 is 5.11 Å². The maximum atomic E-state index is 8.97. The lowest BCUT2D eigenvalue weighted by molar-refractivity contribution is 0.263. The number of H-pyrrole nitrogens is 1. The Morgan fingerprint density at radius 2 is 2.39 bits per heavy atom. The van der Waals surface area contributed by atoms with Gasteiger partial charge in [-0.1, -0.05) is 0 Å². The van der Waals surface area contributed by atoms with Crippen LogP contribution in [0.2, 0.25) is 0 Å². The van der Waals surface area contributed by atoms with Crippen molar-refractivity contribution in [2.75, 3.05) is 30.3 Å². The molecule has 1 unspecified atom stereocenters. The number of hydrogen-bond donors (Lipinski definition) is 3. The number of benzene rings is 1. The first-order valence-electron chi connectivity index (χ1n) is 6.37. The van der Waals surface area contributed by atoms with Crippen LogP contribution in [0.25, 0.3) is 11.0 Å². The zero-order valence-corrected chi connectivity index (χ0v) is 10.3. The Hall–Kier alpha value is -1.75. The van der Waals surface area contributed by atoms with Crippen LogP contribution in [0.5, 0.6) is 0 Å². The molecule has 96 valence electrons. The Bertz CT molecular complexity index is 551. The zero-order valence-electron chi connectivity index (χ0n) is 10.3. The molecule has 4 N–H and O–H groups in total. The number of aliphatic hydroxyl groups excluding tert-OH is 1. The Balaban J connectivity index is 1.82. The van der Waals surface area contributed by atoms with Crippen LogP contribution in [0.3, 0.4) is 0 Å². The lowest BCUT2D eigenvalue weighted by atomic mass is 10.1. The minimum atomic E-state index is 0.273. The first-order valence-corrected chi connectivity index (χ1v) is 6.37. The highest BCUT2D eigenvalue weighted by Gasteiger charge is 2.24. The fraction of sp³-hybridized carbons (Fsp3) is 0.462. The SMILES string of the molecule is Nc1ccc2nc(N3CCC(CCO)C3)[nH]c2c1. The van der Waals surface area contributed by atoms with E-state index in [2.05, 4.69) is 14.9 Å². The average molecular weight is 246 g/mol. The number of aromatic amines is 1. The van der Waals surface area contributed by atoms with Crippen molar-refractivity contribution in [3.8, 4) is 0 Å². The molecule has 1 aromatic carbocycles. The summed E-state index contributed by atoms with van der Waals surface area (Å²) in [5, 5.41) is 8.97. The Labute approximate surface area is 106 Å². The molecule has 2 heterocycles. The van der Waals surface area contributed by atoms with Crippen LogP contribution in [0.4, 0.5) is 11.6 Å². The van der Waals surface area contributed by atoms with Crippen molar-refractivity contribution in [2.45, 2.75) is 12.8 Å². The van der Waals surface area contributed by atoms with Gasteiger partial charge in [0.05, 0.1) is 11.0 Å². The summed E-state index contributed by atoms with van der Waals surface area (Å²) in [7, 11) is 0. The number of nitrogen functional groups attached to an aromatic ring is 1. The van der Waals surface area contributed by atoms with E-state index < -0.39 is 0 Å². The van der Waals surface area contributed by atoms with Crippen LogP contribution in [0.1, 0.15) is 12.8 Å². The van der Waals surface area contributed by atoms with Gasteiger partial charge in [-0.25, -0.2) is 4.98 Å². The molecule has 0 radical (unpaired) electrons. The van der Waals surface area contributed by atoms with Crippen molar-refractivity contribution >= 4 is 22.7 Å². The van der Waals surface area contributed by atoms with Gasteiger partial charge < -0.3 is 20.7 Å². The molecule has 1 saturated heterocycles. The predicted molar refractivity (Wildman–Crippen MR) is 72.5 cm³/mol. The summed E-state index contributed by atoms with van der Waals surface area (Å²) in [6.45, 7) is 2.24. The van der Waals surface area contributed by atoms with E-state index in [1.54, 1.807) is 0 Å². The largest absolute Gasteiger partial charge is 0.399 e. The number of nitrogens with one attached hydrogen (secondary N) is 1. The van der Waals surface area contributed by atoms with Crippen LogP contribution in [0.15, 0.2) is 18.2 Å². The number of nitrogens with two attached hydrogens (primary N) is 1. The van der Waals surface area contributed by atoms with Crippen molar-refractivity contribution in [1.29, 1.82) is 0 Å². The molecule has 1 atom stereocenters. The molecule has 0 bridgehead atoms. The number of imidazole rings is 1. The fourth-order valence-corrected chi connectivity index (χ4v) is 2.61. The summed E-state index contributed by atoms with van der Waals surface area (Å²) in [5.74, 6) is 1.49. The number of aliphatic hydroxyl groups is 1. The molecular weight excluding hydrogens is 228 g/mol. The van der Waals surface area contributed by atoms with Gasteiger partial charge in [0, 0.05) is 25.4 Å². The maximum Gasteiger partial charge on any atom is 0.203 e. The van der Waals surface area contributed by atoms with Crippen LogP contribution < -0.4 is 10.6 Å². The van der Waals surface area contributed by atoms with Gasteiger partial charge in [-0.15, -0.1) is 0 Å². The molecule has 0 amide bonds. The minimum Gasteiger partial charge on any atom is -0.399 e.